The van der Waals surface area contributed by atoms with Crippen molar-refractivity contribution in [2.75, 3.05) is 6.61 Å². The molecule has 24 heavy (non-hydrogen) atoms. The van der Waals surface area contributed by atoms with Crippen LogP contribution in [0, 0.1) is 5.82 Å². The Morgan fingerprint density at radius 3 is 2.42 bits per heavy atom. The highest BCUT2D eigenvalue weighted by atomic mass is 19.4. The Kier molecular flexibility index (Phi) is 4.20. The van der Waals surface area contributed by atoms with Crippen LogP contribution in [0.1, 0.15) is 0 Å². The van der Waals surface area contributed by atoms with Crippen LogP contribution >= 0.6 is 0 Å². The van der Waals surface area contributed by atoms with Crippen molar-refractivity contribution < 1.29 is 27.0 Å². The van der Waals surface area contributed by atoms with Crippen molar-refractivity contribution >= 4 is 10.9 Å². The number of hydrogen-bond donors (Lipinski definition) is 0. The lowest BCUT2D eigenvalue weighted by Gasteiger charge is -2.13. The second kappa shape index (κ2) is 6.31. The molecule has 124 valence electrons. The Labute approximate surface area is 133 Å². The second-order valence-electron chi connectivity index (χ2n) is 4.77. The van der Waals surface area contributed by atoms with E-state index in [0.29, 0.717) is 5.39 Å². The fraction of sp³-hybridized carbons (Fsp3) is 0.125. The van der Waals surface area contributed by atoms with Gasteiger partial charge in [0.25, 0.3) is 0 Å². The fourth-order valence-electron chi connectivity index (χ4n) is 2.03. The Balaban J connectivity index is 1.94. The van der Waals surface area contributed by atoms with Gasteiger partial charge in [-0.05, 0) is 24.3 Å². The monoisotopic (exact) mass is 338 g/mol. The van der Waals surface area contributed by atoms with E-state index in [9.17, 15) is 17.6 Å². The fourth-order valence-corrected chi connectivity index (χ4v) is 2.03. The van der Waals surface area contributed by atoms with Gasteiger partial charge in [0, 0.05) is 0 Å². The number of aromatic nitrogens is 2. The van der Waals surface area contributed by atoms with Crippen LogP contribution in [0.4, 0.5) is 17.6 Å². The Morgan fingerprint density at radius 1 is 0.917 bits per heavy atom. The number of ether oxygens (including phenoxy) is 2. The summed E-state index contributed by atoms with van der Waals surface area (Å²) < 4.78 is 61.0. The van der Waals surface area contributed by atoms with Crippen molar-refractivity contribution in [3.63, 3.8) is 0 Å². The molecule has 0 aliphatic carbocycles. The van der Waals surface area contributed by atoms with E-state index in [1.165, 1.54) is 30.3 Å². The molecule has 3 aromatic rings. The van der Waals surface area contributed by atoms with Crippen molar-refractivity contribution in [1.29, 1.82) is 0 Å². The zero-order valence-corrected chi connectivity index (χ0v) is 12.0. The first-order chi connectivity index (χ1) is 11.4. The molecule has 0 amide bonds. The van der Waals surface area contributed by atoms with Gasteiger partial charge >= 0.3 is 6.18 Å². The van der Waals surface area contributed by atoms with Crippen LogP contribution in [0.25, 0.3) is 10.9 Å². The molecule has 1 heterocycles. The van der Waals surface area contributed by atoms with E-state index < -0.39 is 18.6 Å². The number of hydrogen-bond acceptors (Lipinski definition) is 4. The van der Waals surface area contributed by atoms with Gasteiger partial charge in [-0.15, -0.1) is 0 Å². The molecule has 1 aromatic heterocycles. The highest BCUT2D eigenvalue weighted by Gasteiger charge is 2.29. The summed E-state index contributed by atoms with van der Waals surface area (Å²) in [5, 5.41) is 0.295. The molecule has 4 nitrogen and oxygen atoms in total. The van der Waals surface area contributed by atoms with Crippen LogP contribution in [0.3, 0.4) is 0 Å². The minimum atomic E-state index is -4.47. The molecule has 0 radical (unpaired) electrons. The van der Waals surface area contributed by atoms with Crippen molar-refractivity contribution in [2.24, 2.45) is 0 Å². The standard InChI is InChI=1S/C16H10F4N2O2/c17-11-5-3-4-10-14(11)21-9-22-15(10)24-13-7-2-1-6-12(13)23-8-16(18,19)20/h1-7,9H,8H2. The summed E-state index contributed by atoms with van der Waals surface area (Å²) in [6.45, 7) is -1.45. The molecule has 0 bridgehead atoms. The third-order valence-corrected chi connectivity index (χ3v) is 3.03. The number of benzene rings is 2. The van der Waals surface area contributed by atoms with Gasteiger partial charge in [0.1, 0.15) is 17.7 Å². The van der Waals surface area contributed by atoms with Crippen LogP contribution in [-0.2, 0) is 0 Å². The first-order valence-corrected chi connectivity index (χ1v) is 6.80. The maximum absolute atomic E-state index is 13.7. The molecule has 0 aliphatic rings. The predicted molar refractivity (Wildman–Crippen MR) is 77.6 cm³/mol. The highest BCUT2D eigenvalue weighted by Crippen LogP contribution is 2.34. The van der Waals surface area contributed by atoms with Crippen LogP contribution in [0.15, 0.2) is 48.8 Å². The average Bonchev–Trinajstić information content (AvgIpc) is 2.54. The van der Waals surface area contributed by atoms with Gasteiger partial charge in [0.2, 0.25) is 5.88 Å². The molecule has 0 fully saturated rings. The molecule has 2 aromatic carbocycles. The number of halogens is 4. The first-order valence-electron chi connectivity index (χ1n) is 6.80. The van der Waals surface area contributed by atoms with Crippen molar-refractivity contribution in [2.45, 2.75) is 6.18 Å². The molecule has 0 saturated heterocycles. The third-order valence-electron chi connectivity index (χ3n) is 3.03. The van der Waals surface area contributed by atoms with E-state index in [2.05, 4.69) is 9.97 Å². The van der Waals surface area contributed by atoms with E-state index in [-0.39, 0.29) is 22.9 Å². The van der Waals surface area contributed by atoms with Crippen molar-refractivity contribution in [3.05, 3.63) is 54.6 Å². The zero-order valence-electron chi connectivity index (χ0n) is 12.0. The number of nitrogens with zero attached hydrogens (tertiary/aromatic N) is 2. The summed E-state index contributed by atoms with van der Waals surface area (Å²) in [5.74, 6) is -0.604. The van der Waals surface area contributed by atoms with E-state index in [0.717, 1.165) is 6.33 Å². The molecule has 0 atom stereocenters. The summed E-state index contributed by atoms with van der Waals surface area (Å²) in [5.41, 5.74) is 0.0520. The summed E-state index contributed by atoms with van der Waals surface area (Å²) in [6.07, 6.45) is -3.36. The van der Waals surface area contributed by atoms with Crippen LogP contribution < -0.4 is 9.47 Å². The second-order valence-corrected chi connectivity index (χ2v) is 4.77. The van der Waals surface area contributed by atoms with E-state index >= 15 is 0 Å². The minimum absolute atomic E-state index is 0.0163. The van der Waals surface area contributed by atoms with Crippen LogP contribution in [0.5, 0.6) is 17.4 Å². The van der Waals surface area contributed by atoms with Gasteiger partial charge in [0.05, 0.1) is 5.39 Å². The van der Waals surface area contributed by atoms with E-state index in [1.807, 2.05) is 0 Å². The normalized spacial score (nSPS) is 11.5. The lowest BCUT2D eigenvalue weighted by molar-refractivity contribution is -0.153. The molecule has 0 unspecified atom stereocenters. The Morgan fingerprint density at radius 2 is 1.67 bits per heavy atom. The molecule has 0 aliphatic heterocycles. The maximum Gasteiger partial charge on any atom is 0.422 e. The number of alkyl halides is 3. The van der Waals surface area contributed by atoms with Crippen LogP contribution in [0.2, 0.25) is 0 Å². The maximum atomic E-state index is 13.7. The van der Waals surface area contributed by atoms with E-state index in [1.54, 1.807) is 12.1 Å². The third kappa shape index (κ3) is 3.53. The quantitative estimate of drug-likeness (QED) is 0.657. The van der Waals surface area contributed by atoms with Crippen LogP contribution in [-0.4, -0.2) is 22.8 Å². The number of para-hydroxylation sites is 3. The molecule has 8 heteroatoms. The first kappa shape index (κ1) is 16.0. The SMILES string of the molecule is Fc1cccc2c(Oc3ccccc3OCC(F)(F)F)ncnc12. The Bertz CT molecular complexity index is 868. The van der Waals surface area contributed by atoms with Gasteiger partial charge in [-0.25, -0.2) is 14.4 Å². The smallest absolute Gasteiger partial charge is 0.422 e. The molecule has 0 N–H and O–H groups in total. The minimum Gasteiger partial charge on any atom is -0.480 e. The summed E-state index contributed by atoms with van der Waals surface area (Å²) in [6, 6.07) is 10.1. The van der Waals surface area contributed by atoms with Crippen molar-refractivity contribution in [3.8, 4) is 17.4 Å². The molecular weight excluding hydrogens is 328 g/mol. The largest absolute Gasteiger partial charge is 0.480 e. The van der Waals surface area contributed by atoms with Crippen molar-refractivity contribution in [1.82, 2.24) is 9.97 Å². The highest BCUT2D eigenvalue weighted by molar-refractivity contribution is 5.83. The van der Waals surface area contributed by atoms with E-state index in [4.69, 9.17) is 9.47 Å². The average molecular weight is 338 g/mol. The predicted octanol–water partition coefficient (Wildman–Crippen LogP) is 4.50. The number of rotatable bonds is 4. The lowest BCUT2D eigenvalue weighted by Crippen LogP contribution is -2.19. The summed E-state index contributed by atoms with van der Waals surface area (Å²) in [7, 11) is 0. The summed E-state index contributed by atoms with van der Waals surface area (Å²) >= 11 is 0. The summed E-state index contributed by atoms with van der Waals surface area (Å²) in [4.78, 5) is 7.74. The Hall–Kier alpha value is -2.90. The topological polar surface area (TPSA) is 44.2 Å². The van der Waals surface area contributed by atoms with Gasteiger partial charge < -0.3 is 9.47 Å². The molecular formula is C16H10F4N2O2. The molecule has 3 rings (SSSR count). The van der Waals surface area contributed by atoms with Gasteiger partial charge in [-0.3, -0.25) is 0 Å². The molecule has 0 spiro atoms. The zero-order chi connectivity index (χ0) is 17.2. The van der Waals surface area contributed by atoms with Gasteiger partial charge in [-0.1, -0.05) is 18.2 Å². The van der Waals surface area contributed by atoms with Gasteiger partial charge in [-0.2, -0.15) is 13.2 Å². The van der Waals surface area contributed by atoms with Gasteiger partial charge in [0.15, 0.2) is 18.1 Å². The lowest BCUT2D eigenvalue weighted by atomic mass is 10.2. The number of fused-ring (bicyclic) bond motifs is 1. The molecule has 0 saturated carbocycles.